The monoisotopic (exact) mass is 260 g/mol. The fraction of sp³-hybridized carbons (Fsp3) is 0.562. The Bertz CT molecular complexity index is 425. The molecule has 104 valence electrons. The van der Waals surface area contributed by atoms with E-state index in [1.54, 1.807) is 0 Å². The van der Waals surface area contributed by atoms with Crippen LogP contribution < -0.4 is 5.73 Å². The van der Waals surface area contributed by atoms with Crippen molar-refractivity contribution in [3.8, 4) is 0 Å². The number of amides is 1. The van der Waals surface area contributed by atoms with Crippen LogP contribution in [-0.4, -0.2) is 23.9 Å². The molecule has 0 aliphatic carbocycles. The molecule has 2 N–H and O–H groups in total. The smallest absolute Gasteiger partial charge is 0.222 e. The van der Waals surface area contributed by atoms with E-state index in [9.17, 15) is 4.79 Å². The van der Waals surface area contributed by atoms with Crippen molar-refractivity contribution in [3.63, 3.8) is 0 Å². The number of nitrogens with zero attached hydrogens (tertiary/aromatic N) is 1. The van der Waals surface area contributed by atoms with Crippen LogP contribution in [0.2, 0.25) is 0 Å². The van der Waals surface area contributed by atoms with E-state index in [-0.39, 0.29) is 0 Å². The predicted molar refractivity (Wildman–Crippen MR) is 78.7 cm³/mol. The lowest BCUT2D eigenvalue weighted by atomic mass is 9.95. The molecule has 0 aromatic heterocycles. The molecule has 1 atom stereocenters. The largest absolute Gasteiger partial charge is 0.399 e. The maximum absolute atomic E-state index is 11.9. The number of rotatable bonds is 5. The summed E-state index contributed by atoms with van der Waals surface area (Å²) in [4.78, 5) is 13.9. The fourth-order valence-electron chi connectivity index (χ4n) is 2.62. The third-order valence-electron chi connectivity index (χ3n) is 4.06. The Morgan fingerprint density at radius 2 is 2.00 bits per heavy atom. The van der Waals surface area contributed by atoms with E-state index in [1.807, 2.05) is 17.0 Å². The lowest BCUT2D eigenvalue weighted by Gasteiger charge is -2.18. The molecule has 0 bridgehead atoms. The highest BCUT2D eigenvalue weighted by atomic mass is 16.2. The number of nitrogen functional groups attached to an aromatic ring is 1. The van der Waals surface area contributed by atoms with Crippen molar-refractivity contribution in [2.45, 2.75) is 33.1 Å². The first-order valence-electron chi connectivity index (χ1n) is 7.18. The second-order valence-corrected chi connectivity index (χ2v) is 5.89. The SMILES string of the molecule is CC(C)C1CC(=O)N(CCCc2ccc(N)cc2)C1. The van der Waals surface area contributed by atoms with Gasteiger partial charge in [0, 0.05) is 25.2 Å². The molecule has 1 aromatic carbocycles. The number of likely N-dealkylation sites (tertiary alicyclic amines) is 1. The third kappa shape index (κ3) is 3.72. The Balaban J connectivity index is 1.77. The van der Waals surface area contributed by atoms with Gasteiger partial charge in [0.25, 0.3) is 0 Å². The lowest BCUT2D eigenvalue weighted by Crippen LogP contribution is -2.27. The van der Waals surface area contributed by atoms with Gasteiger partial charge in [-0.15, -0.1) is 0 Å². The second-order valence-electron chi connectivity index (χ2n) is 5.89. The van der Waals surface area contributed by atoms with Crippen LogP contribution in [0.1, 0.15) is 32.3 Å². The van der Waals surface area contributed by atoms with Gasteiger partial charge in [-0.05, 0) is 42.4 Å². The van der Waals surface area contributed by atoms with Crippen molar-refractivity contribution in [3.05, 3.63) is 29.8 Å². The summed E-state index contributed by atoms with van der Waals surface area (Å²) in [6.07, 6.45) is 2.77. The molecule has 0 radical (unpaired) electrons. The maximum Gasteiger partial charge on any atom is 0.222 e. The predicted octanol–water partition coefficient (Wildman–Crippen LogP) is 2.71. The normalized spacial score (nSPS) is 19.4. The first-order valence-corrected chi connectivity index (χ1v) is 7.18. The number of carbonyl (C=O) groups excluding carboxylic acids is 1. The molecule has 1 amide bonds. The number of benzene rings is 1. The van der Waals surface area contributed by atoms with Crippen LogP contribution in [0, 0.1) is 11.8 Å². The van der Waals surface area contributed by atoms with Gasteiger partial charge in [0.1, 0.15) is 0 Å². The first-order chi connectivity index (χ1) is 9.06. The van der Waals surface area contributed by atoms with E-state index in [4.69, 9.17) is 5.73 Å². The van der Waals surface area contributed by atoms with Crippen molar-refractivity contribution in [2.24, 2.45) is 11.8 Å². The van der Waals surface area contributed by atoms with Crippen LogP contribution in [0.25, 0.3) is 0 Å². The van der Waals surface area contributed by atoms with Crippen molar-refractivity contribution in [2.75, 3.05) is 18.8 Å². The second kappa shape index (κ2) is 6.09. The standard InChI is InChI=1S/C16H24N2O/c1-12(2)14-10-16(19)18(11-14)9-3-4-13-5-7-15(17)8-6-13/h5-8,12,14H,3-4,9-11,17H2,1-2H3. The zero-order chi connectivity index (χ0) is 13.8. The van der Waals surface area contributed by atoms with Gasteiger partial charge < -0.3 is 10.6 Å². The van der Waals surface area contributed by atoms with Gasteiger partial charge in [0.05, 0.1) is 0 Å². The van der Waals surface area contributed by atoms with Gasteiger partial charge in [0.2, 0.25) is 5.91 Å². The van der Waals surface area contributed by atoms with E-state index in [2.05, 4.69) is 26.0 Å². The average molecular weight is 260 g/mol. The molecule has 0 spiro atoms. The highest BCUT2D eigenvalue weighted by Gasteiger charge is 2.30. The highest BCUT2D eigenvalue weighted by molar-refractivity contribution is 5.78. The number of carbonyl (C=O) groups is 1. The van der Waals surface area contributed by atoms with E-state index in [0.29, 0.717) is 17.7 Å². The molecule has 1 aromatic rings. The molecule has 19 heavy (non-hydrogen) atoms. The van der Waals surface area contributed by atoms with Crippen molar-refractivity contribution >= 4 is 11.6 Å². The van der Waals surface area contributed by atoms with E-state index in [1.165, 1.54) is 5.56 Å². The summed E-state index contributed by atoms with van der Waals surface area (Å²) in [5, 5.41) is 0. The number of hydrogen-bond donors (Lipinski definition) is 1. The topological polar surface area (TPSA) is 46.3 Å². The number of hydrogen-bond acceptors (Lipinski definition) is 2. The van der Waals surface area contributed by atoms with Crippen LogP contribution in [-0.2, 0) is 11.2 Å². The van der Waals surface area contributed by atoms with E-state index >= 15 is 0 Å². The molecule has 1 fully saturated rings. The van der Waals surface area contributed by atoms with E-state index < -0.39 is 0 Å². The van der Waals surface area contributed by atoms with Gasteiger partial charge in [-0.3, -0.25) is 4.79 Å². The van der Waals surface area contributed by atoms with Crippen molar-refractivity contribution in [1.82, 2.24) is 4.90 Å². The molecule has 2 rings (SSSR count). The minimum atomic E-state index is 0.330. The molecule has 0 saturated carbocycles. The fourth-order valence-corrected chi connectivity index (χ4v) is 2.62. The van der Waals surface area contributed by atoms with Crippen molar-refractivity contribution in [1.29, 1.82) is 0 Å². The average Bonchev–Trinajstić information content (AvgIpc) is 2.74. The van der Waals surface area contributed by atoms with Gasteiger partial charge in [-0.25, -0.2) is 0 Å². The molecule has 3 heteroatoms. The summed E-state index contributed by atoms with van der Waals surface area (Å²) in [5.74, 6) is 1.48. The number of anilines is 1. The van der Waals surface area contributed by atoms with Gasteiger partial charge in [0.15, 0.2) is 0 Å². The Morgan fingerprint density at radius 3 is 2.58 bits per heavy atom. The van der Waals surface area contributed by atoms with Gasteiger partial charge in [-0.1, -0.05) is 26.0 Å². The van der Waals surface area contributed by atoms with Crippen LogP contribution in [0.15, 0.2) is 24.3 Å². The van der Waals surface area contributed by atoms with E-state index in [0.717, 1.165) is 38.0 Å². The third-order valence-corrected chi connectivity index (χ3v) is 4.06. The molecule has 3 nitrogen and oxygen atoms in total. The molecule has 1 saturated heterocycles. The Hall–Kier alpha value is -1.51. The maximum atomic E-state index is 11.9. The quantitative estimate of drug-likeness (QED) is 0.827. The zero-order valence-corrected chi connectivity index (χ0v) is 11.9. The number of nitrogens with two attached hydrogens (primary N) is 1. The van der Waals surface area contributed by atoms with Gasteiger partial charge >= 0.3 is 0 Å². The number of aryl methyl sites for hydroxylation is 1. The minimum Gasteiger partial charge on any atom is -0.399 e. The summed E-state index contributed by atoms with van der Waals surface area (Å²) < 4.78 is 0. The summed E-state index contributed by atoms with van der Waals surface area (Å²) in [6, 6.07) is 8.01. The summed E-state index contributed by atoms with van der Waals surface area (Å²) in [5.41, 5.74) is 7.76. The molecule has 1 heterocycles. The molecular weight excluding hydrogens is 236 g/mol. The minimum absolute atomic E-state index is 0.330. The highest BCUT2D eigenvalue weighted by Crippen LogP contribution is 2.24. The van der Waals surface area contributed by atoms with Crippen LogP contribution >= 0.6 is 0 Å². The Kier molecular flexibility index (Phi) is 4.46. The summed E-state index contributed by atoms with van der Waals surface area (Å²) in [7, 11) is 0. The summed E-state index contributed by atoms with van der Waals surface area (Å²) in [6.45, 7) is 6.23. The van der Waals surface area contributed by atoms with Crippen LogP contribution in [0.3, 0.4) is 0 Å². The zero-order valence-electron chi connectivity index (χ0n) is 11.9. The molecule has 1 aliphatic rings. The van der Waals surface area contributed by atoms with Crippen molar-refractivity contribution < 1.29 is 4.79 Å². The molecule has 1 unspecified atom stereocenters. The lowest BCUT2D eigenvalue weighted by molar-refractivity contribution is -0.127. The first kappa shape index (κ1) is 13.9. The molecule has 1 aliphatic heterocycles. The Morgan fingerprint density at radius 1 is 1.32 bits per heavy atom. The van der Waals surface area contributed by atoms with Gasteiger partial charge in [-0.2, -0.15) is 0 Å². The van der Waals surface area contributed by atoms with Crippen LogP contribution in [0.4, 0.5) is 5.69 Å². The Labute approximate surface area is 115 Å². The molecular formula is C16H24N2O. The summed E-state index contributed by atoms with van der Waals surface area (Å²) >= 11 is 0. The van der Waals surface area contributed by atoms with Crippen LogP contribution in [0.5, 0.6) is 0 Å².